The van der Waals surface area contributed by atoms with Gasteiger partial charge in [-0.05, 0) is 62.2 Å². The highest BCUT2D eigenvalue weighted by molar-refractivity contribution is 4.90. The van der Waals surface area contributed by atoms with Crippen molar-refractivity contribution in [2.45, 2.75) is 86.1 Å². The minimum Gasteiger partial charge on any atom is -0.382 e. The van der Waals surface area contributed by atoms with E-state index in [1.165, 1.54) is 45.1 Å². The van der Waals surface area contributed by atoms with Crippen molar-refractivity contribution in [2.75, 3.05) is 19.8 Å². The molecule has 0 saturated heterocycles. The van der Waals surface area contributed by atoms with Crippen molar-refractivity contribution in [3.63, 3.8) is 0 Å². The average molecular weight is 298 g/mol. The summed E-state index contributed by atoms with van der Waals surface area (Å²) in [7, 11) is 0. The van der Waals surface area contributed by atoms with Gasteiger partial charge in [0.25, 0.3) is 0 Å². The molecule has 0 aromatic rings. The summed E-state index contributed by atoms with van der Waals surface area (Å²) < 4.78 is 5.55. The number of hydrogen-bond acceptors (Lipinski definition) is 2. The fraction of sp³-hybridized carbons (Fsp3) is 1.00. The highest BCUT2D eigenvalue weighted by Crippen LogP contribution is 2.47. The Morgan fingerprint density at radius 1 is 1.19 bits per heavy atom. The molecule has 0 unspecified atom stereocenters. The zero-order valence-corrected chi connectivity index (χ0v) is 15.4. The van der Waals surface area contributed by atoms with Gasteiger partial charge in [0.2, 0.25) is 0 Å². The Morgan fingerprint density at radius 3 is 2.29 bits per heavy atom. The van der Waals surface area contributed by atoms with Crippen molar-refractivity contribution in [3.05, 3.63) is 0 Å². The van der Waals surface area contributed by atoms with Crippen LogP contribution in [0.1, 0.15) is 80.1 Å². The van der Waals surface area contributed by atoms with Gasteiger partial charge in [0.15, 0.2) is 0 Å². The minimum atomic E-state index is 0.475. The van der Waals surface area contributed by atoms with E-state index in [2.05, 4.69) is 46.9 Å². The van der Waals surface area contributed by atoms with Crippen LogP contribution in [0.15, 0.2) is 0 Å². The molecule has 0 aromatic heterocycles. The standard InChI is InChI=1S/C19H39NO/c1-7-21-14-8-11-19(15-20-16(2)3)12-9-17(10-13-19)18(4,5)6/h16-17,20H,7-15H2,1-6H3. The van der Waals surface area contributed by atoms with E-state index in [-0.39, 0.29) is 0 Å². The molecule has 1 rings (SSSR count). The Bertz CT molecular complexity index is 272. The molecule has 1 saturated carbocycles. The largest absolute Gasteiger partial charge is 0.382 e. The first-order valence-electron chi connectivity index (χ1n) is 9.10. The van der Waals surface area contributed by atoms with Crippen LogP contribution in [-0.2, 0) is 4.74 Å². The number of ether oxygens (including phenoxy) is 1. The molecule has 126 valence electrons. The van der Waals surface area contributed by atoms with Crippen LogP contribution in [0.5, 0.6) is 0 Å². The molecule has 0 aromatic carbocycles. The Labute approximate surface area is 133 Å². The third-order valence-corrected chi connectivity index (χ3v) is 5.36. The van der Waals surface area contributed by atoms with Crippen molar-refractivity contribution < 1.29 is 4.74 Å². The zero-order chi connectivity index (χ0) is 15.9. The molecular formula is C19H39NO. The second-order valence-corrected chi connectivity index (χ2v) is 8.48. The van der Waals surface area contributed by atoms with Crippen molar-refractivity contribution >= 4 is 0 Å². The van der Waals surface area contributed by atoms with Gasteiger partial charge < -0.3 is 10.1 Å². The number of rotatable bonds is 8. The molecule has 21 heavy (non-hydrogen) atoms. The van der Waals surface area contributed by atoms with Gasteiger partial charge in [-0.3, -0.25) is 0 Å². The van der Waals surface area contributed by atoms with Gasteiger partial charge in [-0.1, -0.05) is 34.6 Å². The summed E-state index contributed by atoms with van der Waals surface area (Å²) in [6.07, 6.45) is 8.12. The second kappa shape index (κ2) is 8.53. The van der Waals surface area contributed by atoms with Gasteiger partial charge in [-0.25, -0.2) is 0 Å². The van der Waals surface area contributed by atoms with Crippen LogP contribution in [0.4, 0.5) is 0 Å². The molecule has 1 aliphatic rings. The topological polar surface area (TPSA) is 21.3 Å². The minimum absolute atomic E-state index is 0.475. The highest BCUT2D eigenvalue weighted by atomic mass is 16.5. The van der Waals surface area contributed by atoms with Crippen LogP contribution in [0, 0.1) is 16.7 Å². The molecule has 0 heterocycles. The maximum absolute atomic E-state index is 5.55. The lowest BCUT2D eigenvalue weighted by Crippen LogP contribution is -2.42. The first-order chi connectivity index (χ1) is 9.79. The van der Waals surface area contributed by atoms with Crippen molar-refractivity contribution in [1.29, 1.82) is 0 Å². The lowest BCUT2D eigenvalue weighted by atomic mass is 9.62. The molecule has 2 heteroatoms. The second-order valence-electron chi connectivity index (χ2n) is 8.48. The maximum Gasteiger partial charge on any atom is 0.0466 e. The van der Waals surface area contributed by atoms with Crippen molar-refractivity contribution in [1.82, 2.24) is 5.32 Å². The van der Waals surface area contributed by atoms with Gasteiger partial charge in [-0.15, -0.1) is 0 Å². The summed E-state index contributed by atoms with van der Waals surface area (Å²) in [5, 5.41) is 3.71. The van der Waals surface area contributed by atoms with E-state index in [1.807, 2.05) is 0 Å². The predicted octanol–water partition coefficient (Wildman–Crippen LogP) is 5.02. The number of hydrogen-bond donors (Lipinski definition) is 1. The van der Waals surface area contributed by atoms with E-state index < -0.39 is 0 Å². The van der Waals surface area contributed by atoms with Crippen LogP contribution >= 0.6 is 0 Å². The van der Waals surface area contributed by atoms with Gasteiger partial charge in [-0.2, -0.15) is 0 Å². The van der Waals surface area contributed by atoms with E-state index in [0.29, 0.717) is 16.9 Å². The molecule has 0 aliphatic heterocycles. The third-order valence-electron chi connectivity index (χ3n) is 5.36. The summed E-state index contributed by atoms with van der Waals surface area (Å²) in [5.74, 6) is 0.900. The molecule has 1 N–H and O–H groups in total. The van der Waals surface area contributed by atoms with Gasteiger partial charge in [0.1, 0.15) is 0 Å². The number of nitrogens with one attached hydrogen (secondary N) is 1. The van der Waals surface area contributed by atoms with Crippen LogP contribution in [0.3, 0.4) is 0 Å². The van der Waals surface area contributed by atoms with Crippen LogP contribution in [-0.4, -0.2) is 25.8 Å². The molecule has 0 radical (unpaired) electrons. The molecule has 0 spiro atoms. The molecule has 0 bridgehead atoms. The summed E-state index contributed by atoms with van der Waals surface area (Å²) in [6.45, 7) is 16.8. The van der Waals surface area contributed by atoms with Crippen LogP contribution < -0.4 is 5.32 Å². The predicted molar refractivity (Wildman–Crippen MR) is 92.7 cm³/mol. The summed E-state index contributed by atoms with van der Waals surface area (Å²) >= 11 is 0. The van der Waals surface area contributed by atoms with Crippen molar-refractivity contribution in [3.8, 4) is 0 Å². The summed E-state index contributed by atoms with van der Waals surface area (Å²) in [5.41, 5.74) is 0.992. The summed E-state index contributed by atoms with van der Waals surface area (Å²) in [6, 6.07) is 0.592. The SMILES string of the molecule is CCOCCCC1(CNC(C)C)CCC(C(C)(C)C)CC1. The Hall–Kier alpha value is -0.0800. The molecule has 1 fully saturated rings. The molecular weight excluding hydrogens is 258 g/mol. The van der Waals surface area contributed by atoms with E-state index in [1.54, 1.807) is 0 Å². The Morgan fingerprint density at radius 2 is 1.81 bits per heavy atom. The monoisotopic (exact) mass is 297 g/mol. The fourth-order valence-electron chi connectivity index (χ4n) is 3.73. The summed E-state index contributed by atoms with van der Waals surface area (Å²) in [4.78, 5) is 0. The molecule has 0 amide bonds. The molecule has 0 atom stereocenters. The normalized spacial score (nSPS) is 27.3. The first-order valence-corrected chi connectivity index (χ1v) is 9.10. The van der Waals surface area contributed by atoms with E-state index in [0.717, 1.165) is 19.1 Å². The van der Waals surface area contributed by atoms with Gasteiger partial charge >= 0.3 is 0 Å². The van der Waals surface area contributed by atoms with E-state index >= 15 is 0 Å². The molecule has 2 nitrogen and oxygen atoms in total. The zero-order valence-electron chi connectivity index (χ0n) is 15.4. The van der Waals surface area contributed by atoms with Gasteiger partial charge in [0, 0.05) is 25.8 Å². The van der Waals surface area contributed by atoms with Gasteiger partial charge in [0.05, 0.1) is 0 Å². The van der Waals surface area contributed by atoms with E-state index in [9.17, 15) is 0 Å². The molecule has 1 aliphatic carbocycles. The van der Waals surface area contributed by atoms with Crippen LogP contribution in [0.2, 0.25) is 0 Å². The Kier molecular flexibility index (Phi) is 7.70. The van der Waals surface area contributed by atoms with E-state index in [4.69, 9.17) is 4.74 Å². The first kappa shape index (κ1) is 19.0. The lowest BCUT2D eigenvalue weighted by Gasteiger charge is -2.45. The average Bonchev–Trinajstić information content (AvgIpc) is 2.41. The third kappa shape index (κ3) is 6.69. The maximum atomic E-state index is 5.55. The van der Waals surface area contributed by atoms with Crippen LogP contribution in [0.25, 0.3) is 0 Å². The lowest BCUT2D eigenvalue weighted by molar-refractivity contribution is 0.0643. The highest BCUT2D eigenvalue weighted by Gasteiger charge is 2.38. The van der Waals surface area contributed by atoms with Crippen molar-refractivity contribution in [2.24, 2.45) is 16.7 Å². The smallest absolute Gasteiger partial charge is 0.0466 e. The quantitative estimate of drug-likeness (QED) is 0.635. The Balaban J connectivity index is 2.54. The fourth-order valence-corrected chi connectivity index (χ4v) is 3.73.